The van der Waals surface area contributed by atoms with Crippen molar-refractivity contribution < 1.29 is 9.50 Å². The van der Waals surface area contributed by atoms with Gasteiger partial charge >= 0.3 is 0 Å². The van der Waals surface area contributed by atoms with Crippen LogP contribution in [-0.4, -0.2) is 48.1 Å². The van der Waals surface area contributed by atoms with Gasteiger partial charge in [-0.25, -0.2) is 19.6 Å². The van der Waals surface area contributed by atoms with Gasteiger partial charge in [0.25, 0.3) is 6.71 Å². The summed E-state index contributed by atoms with van der Waals surface area (Å²) in [6, 6.07) is 8.94. The maximum atomic E-state index is 14.5. The smallest absolute Gasteiger partial charge is 0.275 e. The Kier molecular flexibility index (Phi) is 8.27. The van der Waals surface area contributed by atoms with Crippen molar-refractivity contribution in [1.29, 1.82) is 5.26 Å². The summed E-state index contributed by atoms with van der Waals surface area (Å²) < 4.78 is 14.5. The Balaban J connectivity index is 0.00000102. The van der Waals surface area contributed by atoms with Crippen LogP contribution >= 0.6 is 0 Å². The number of anilines is 2. The Morgan fingerprint density at radius 3 is 2.54 bits per heavy atom. The van der Waals surface area contributed by atoms with Crippen molar-refractivity contribution in [3.8, 4) is 23.0 Å². The molecule has 3 N–H and O–H groups in total. The number of hydrogen-bond acceptors (Lipinski definition) is 7. The number of fused-ring (bicyclic) bond motifs is 1. The number of nitriles is 1. The fraction of sp³-hybridized carbons (Fsp3) is 0.429. The number of hydrogen-bond donors (Lipinski definition) is 2. The first-order valence-corrected chi connectivity index (χ1v) is 13.1. The van der Waals surface area contributed by atoms with Gasteiger partial charge in [0.1, 0.15) is 5.82 Å². The Labute approximate surface area is 218 Å². The molecule has 2 fully saturated rings. The minimum atomic E-state index is -0.885. The largest absolute Gasteiger partial charge is 0.504 e. The molecule has 7 nitrogen and oxygen atoms in total. The molecule has 1 unspecified atom stereocenters. The molecule has 5 rings (SSSR count). The van der Waals surface area contributed by atoms with E-state index in [4.69, 9.17) is 10.7 Å². The number of benzene rings is 1. The van der Waals surface area contributed by atoms with Crippen LogP contribution in [0, 0.1) is 17.0 Å². The summed E-state index contributed by atoms with van der Waals surface area (Å²) >= 11 is 0. The number of aliphatic imine (C=N–C) groups is 1. The van der Waals surface area contributed by atoms with Gasteiger partial charge in [-0.3, -0.25) is 4.99 Å². The fourth-order valence-electron chi connectivity index (χ4n) is 5.12. The monoisotopic (exact) mass is 500 g/mol. The quantitative estimate of drug-likeness (QED) is 0.257. The third-order valence-electron chi connectivity index (χ3n) is 7.25. The zero-order valence-corrected chi connectivity index (χ0v) is 21.8. The van der Waals surface area contributed by atoms with Crippen LogP contribution in [0.5, 0.6) is 5.75 Å². The number of rotatable bonds is 5. The average molecular weight is 500 g/mol. The molecule has 0 amide bonds. The van der Waals surface area contributed by atoms with Gasteiger partial charge in [-0.15, -0.1) is 0 Å². The molecule has 1 aliphatic heterocycles. The summed E-state index contributed by atoms with van der Waals surface area (Å²) in [5, 5.41) is 20.0. The lowest BCUT2D eigenvalue weighted by molar-refractivity contribution is 0.436. The molecule has 3 aromatic rings. The first-order valence-electron chi connectivity index (χ1n) is 13.1. The number of phenolic OH excluding ortho intramolecular Hbond substituents is 1. The number of nitrogen functional groups attached to an aromatic ring is 1. The van der Waals surface area contributed by atoms with Gasteiger partial charge in [0, 0.05) is 43.4 Å². The Morgan fingerprint density at radius 1 is 1.19 bits per heavy atom. The van der Waals surface area contributed by atoms with Gasteiger partial charge in [0.15, 0.2) is 11.6 Å². The average Bonchev–Trinajstić information content (AvgIpc) is 3.36. The molecular weight excluding hydrogens is 466 g/mol. The lowest BCUT2D eigenvalue weighted by Crippen LogP contribution is -2.32. The molecule has 192 valence electrons. The van der Waals surface area contributed by atoms with Crippen molar-refractivity contribution in [2.75, 3.05) is 30.8 Å². The minimum absolute atomic E-state index is 0.138. The number of phenols is 1. The van der Waals surface area contributed by atoms with Gasteiger partial charge in [0.2, 0.25) is 0 Å². The van der Waals surface area contributed by atoms with E-state index in [-0.39, 0.29) is 18.0 Å². The van der Waals surface area contributed by atoms with Gasteiger partial charge in [0.05, 0.1) is 22.4 Å². The van der Waals surface area contributed by atoms with Crippen molar-refractivity contribution >= 4 is 35.5 Å². The zero-order chi connectivity index (χ0) is 26.5. The summed E-state index contributed by atoms with van der Waals surface area (Å²) in [5.74, 6) is 2.97. The number of aromatic nitrogens is 2. The minimum Gasteiger partial charge on any atom is -0.504 e. The van der Waals surface area contributed by atoms with E-state index in [1.54, 1.807) is 19.2 Å². The molecule has 0 radical (unpaired) electrons. The van der Waals surface area contributed by atoms with E-state index >= 15 is 0 Å². The fourth-order valence-corrected chi connectivity index (χ4v) is 5.12. The summed E-state index contributed by atoms with van der Waals surface area (Å²) in [6.45, 7) is 6.12. The number of halogens is 1. The SMILES string of the molecule is CCC.CN=Cc1cc(-c2ccc3nc(N4CCC(B(C#N)C5CCC5)C4)ccc3n2)c(O)c(F)c1N. The summed E-state index contributed by atoms with van der Waals surface area (Å²) in [5.41, 5.74) is 8.01. The molecule has 3 heterocycles. The highest BCUT2D eigenvalue weighted by Gasteiger charge is 2.40. The van der Waals surface area contributed by atoms with Crippen LogP contribution in [0.15, 0.2) is 35.3 Å². The second-order valence-corrected chi connectivity index (χ2v) is 9.93. The zero-order valence-electron chi connectivity index (χ0n) is 21.8. The number of nitrogens with two attached hydrogens (primary N) is 1. The van der Waals surface area contributed by atoms with Gasteiger partial charge < -0.3 is 15.7 Å². The van der Waals surface area contributed by atoms with Crippen LogP contribution in [-0.2, 0) is 0 Å². The van der Waals surface area contributed by atoms with E-state index in [0.717, 1.165) is 25.3 Å². The number of pyridine rings is 2. The summed E-state index contributed by atoms with van der Waals surface area (Å²) in [7, 11) is 1.57. The van der Waals surface area contributed by atoms with Gasteiger partial charge in [-0.05, 0) is 48.4 Å². The Morgan fingerprint density at radius 2 is 1.89 bits per heavy atom. The number of aromatic hydroxyl groups is 1. The summed E-state index contributed by atoms with van der Waals surface area (Å²) in [6.07, 6.45) is 7.31. The molecule has 37 heavy (non-hydrogen) atoms. The Hall–Kier alpha value is -3.67. The highest BCUT2D eigenvalue weighted by Crippen LogP contribution is 2.42. The van der Waals surface area contributed by atoms with E-state index in [2.05, 4.69) is 34.7 Å². The third-order valence-corrected chi connectivity index (χ3v) is 7.25. The predicted octanol–water partition coefficient (Wildman–Crippen LogP) is 5.88. The van der Waals surface area contributed by atoms with Crippen molar-refractivity contribution in [3.63, 3.8) is 0 Å². The van der Waals surface area contributed by atoms with Crippen LogP contribution in [0.3, 0.4) is 0 Å². The molecule has 1 atom stereocenters. The number of nitrogens with zero attached hydrogens (tertiary/aromatic N) is 5. The lowest BCUT2D eigenvalue weighted by atomic mass is 9.31. The molecular formula is C28H34BFN6O. The molecule has 0 spiro atoms. The highest BCUT2D eigenvalue weighted by atomic mass is 19.1. The van der Waals surface area contributed by atoms with Crippen LogP contribution in [0.25, 0.3) is 22.3 Å². The molecule has 9 heteroatoms. The van der Waals surface area contributed by atoms with Crippen molar-refractivity contribution in [1.82, 2.24) is 9.97 Å². The van der Waals surface area contributed by atoms with Crippen molar-refractivity contribution in [2.24, 2.45) is 4.99 Å². The third kappa shape index (κ3) is 5.38. The Bertz CT molecular complexity index is 1340. The lowest BCUT2D eigenvalue weighted by Gasteiger charge is -2.30. The second kappa shape index (κ2) is 11.6. The molecule has 1 aromatic carbocycles. The van der Waals surface area contributed by atoms with Gasteiger partial charge in [-0.2, -0.15) is 0 Å². The second-order valence-electron chi connectivity index (χ2n) is 9.93. The topological polar surface area (TPSA) is 111 Å². The molecule has 1 aliphatic carbocycles. The maximum absolute atomic E-state index is 14.5. The molecule has 0 bridgehead atoms. The van der Waals surface area contributed by atoms with Crippen LogP contribution < -0.4 is 10.6 Å². The molecule has 2 aromatic heterocycles. The van der Waals surface area contributed by atoms with Crippen LogP contribution in [0.1, 0.15) is 51.5 Å². The first-order chi connectivity index (χ1) is 17.9. The van der Waals surface area contributed by atoms with E-state index < -0.39 is 11.6 Å². The van der Waals surface area contributed by atoms with E-state index in [1.807, 2.05) is 18.2 Å². The van der Waals surface area contributed by atoms with Crippen LogP contribution in [0.4, 0.5) is 15.9 Å². The van der Waals surface area contributed by atoms with E-state index in [1.165, 1.54) is 31.9 Å². The predicted molar refractivity (Wildman–Crippen MR) is 150 cm³/mol. The molecule has 1 saturated carbocycles. The summed E-state index contributed by atoms with van der Waals surface area (Å²) in [4.78, 5) is 15.6. The van der Waals surface area contributed by atoms with Gasteiger partial charge in [-0.1, -0.05) is 39.5 Å². The van der Waals surface area contributed by atoms with Crippen molar-refractivity contribution in [2.45, 2.75) is 57.6 Å². The molecule has 1 saturated heterocycles. The van der Waals surface area contributed by atoms with Crippen molar-refractivity contribution in [3.05, 3.63) is 41.7 Å². The van der Waals surface area contributed by atoms with E-state index in [0.29, 0.717) is 33.9 Å². The van der Waals surface area contributed by atoms with Crippen LogP contribution in [0.2, 0.25) is 11.6 Å². The standard InChI is InChI=1S/C25H26BFN6O.C3H8/c1-30-12-15-11-18(25(34)23(27)24(15)29)19-5-6-21-20(31-19)7-8-22(32-21)33-10-9-17(13-33)26(14-28)16-3-2-4-16;1-3-2/h5-8,11-12,16-17,34H,2-4,9-10,13,29H2,1H3;3H2,1-2H3. The highest BCUT2D eigenvalue weighted by molar-refractivity contribution is 6.70. The first kappa shape index (κ1) is 26.4. The van der Waals surface area contributed by atoms with E-state index in [9.17, 15) is 14.8 Å². The molecule has 2 aliphatic rings. The normalized spacial score (nSPS) is 17.4. The maximum Gasteiger partial charge on any atom is 0.275 e.